The molecule has 5 heteroatoms. The number of nitrogens with one attached hydrogen (secondary N) is 1. The van der Waals surface area contributed by atoms with E-state index in [-0.39, 0.29) is 12.0 Å². The molecular weight excluding hydrogens is 258 g/mol. The highest BCUT2D eigenvalue weighted by Gasteiger charge is 2.16. The van der Waals surface area contributed by atoms with Crippen molar-refractivity contribution in [1.82, 2.24) is 5.32 Å². The van der Waals surface area contributed by atoms with Crippen LogP contribution >= 0.6 is 0 Å². The highest BCUT2D eigenvalue weighted by molar-refractivity contribution is 5.70. The first-order valence-electron chi connectivity index (χ1n) is 6.68. The first-order valence-corrected chi connectivity index (χ1v) is 6.68. The lowest BCUT2D eigenvalue weighted by molar-refractivity contribution is -0.143. The van der Waals surface area contributed by atoms with Gasteiger partial charge in [0, 0.05) is 12.1 Å². The zero-order chi connectivity index (χ0) is 15.0. The summed E-state index contributed by atoms with van der Waals surface area (Å²) in [5.41, 5.74) is 1.02. The number of hydrogen-bond donors (Lipinski definition) is 1. The van der Waals surface area contributed by atoms with E-state index >= 15 is 0 Å². The molecule has 20 heavy (non-hydrogen) atoms. The van der Waals surface area contributed by atoms with Crippen molar-refractivity contribution in [2.75, 3.05) is 27.9 Å². The third-order valence-corrected chi connectivity index (χ3v) is 3.09. The van der Waals surface area contributed by atoms with Crippen LogP contribution in [0.4, 0.5) is 0 Å². The second kappa shape index (κ2) is 8.43. The Balaban J connectivity index is 2.76. The topological polar surface area (TPSA) is 56.8 Å². The van der Waals surface area contributed by atoms with E-state index in [4.69, 9.17) is 14.2 Å². The van der Waals surface area contributed by atoms with E-state index in [0.29, 0.717) is 19.4 Å². The zero-order valence-electron chi connectivity index (χ0n) is 12.6. The van der Waals surface area contributed by atoms with Crippen LogP contribution < -0.4 is 14.8 Å². The Morgan fingerprint density at radius 3 is 2.60 bits per heavy atom. The summed E-state index contributed by atoms with van der Waals surface area (Å²) in [5, 5.41) is 3.13. The number of rotatable bonds is 8. The minimum absolute atomic E-state index is 0.0105. The van der Waals surface area contributed by atoms with Crippen LogP contribution in [-0.4, -0.2) is 39.9 Å². The maximum Gasteiger partial charge on any atom is 0.307 e. The predicted molar refractivity (Wildman–Crippen MR) is 77.3 cm³/mol. The van der Waals surface area contributed by atoms with E-state index < -0.39 is 0 Å². The van der Waals surface area contributed by atoms with Crippen LogP contribution in [0.2, 0.25) is 0 Å². The van der Waals surface area contributed by atoms with Crippen LogP contribution in [0.1, 0.15) is 18.9 Å². The van der Waals surface area contributed by atoms with Crippen molar-refractivity contribution in [1.29, 1.82) is 0 Å². The summed E-state index contributed by atoms with van der Waals surface area (Å²) in [5.74, 6) is 1.31. The number of esters is 1. The van der Waals surface area contributed by atoms with Crippen molar-refractivity contribution in [3.05, 3.63) is 23.8 Å². The predicted octanol–water partition coefficient (Wildman–Crippen LogP) is 1.79. The molecule has 112 valence electrons. The van der Waals surface area contributed by atoms with E-state index in [1.54, 1.807) is 21.1 Å². The van der Waals surface area contributed by atoms with Crippen LogP contribution in [0.15, 0.2) is 18.2 Å². The Bertz CT molecular complexity index is 434. The van der Waals surface area contributed by atoms with E-state index in [2.05, 4.69) is 5.32 Å². The maximum atomic E-state index is 11.5. The maximum absolute atomic E-state index is 11.5. The van der Waals surface area contributed by atoms with Crippen LogP contribution in [0, 0.1) is 0 Å². The van der Waals surface area contributed by atoms with Crippen LogP contribution in [0.25, 0.3) is 0 Å². The van der Waals surface area contributed by atoms with Gasteiger partial charge in [-0.2, -0.15) is 0 Å². The second-order valence-corrected chi connectivity index (χ2v) is 4.38. The van der Waals surface area contributed by atoms with Gasteiger partial charge in [-0.1, -0.05) is 6.07 Å². The average Bonchev–Trinajstić information content (AvgIpc) is 2.47. The fourth-order valence-corrected chi connectivity index (χ4v) is 1.98. The largest absolute Gasteiger partial charge is 0.497 e. The SMILES string of the molecule is CCOC(=O)CC(Cc1ccc(OC)cc1OC)NC. The third-order valence-electron chi connectivity index (χ3n) is 3.09. The Kier molecular flexibility index (Phi) is 6.87. The Labute approximate surface area is 120 Å². The lowest BCUT2D eigenvalue weighted by Gasteiger charge is -2.17. The van der Waals surface area contributed by atoms with Gasteiger partial charge in [0.1, 0.15) is 11.5 Å². The summed E-state index contributed by atoms with van der Waals surface area (Å²) in [6, 6.07) is 5.69. The molecule has 1 N–H and O–H groups in total. The van der Waals surface area contributed by atoms with Crippen molar-refractivity contribution in [2.45, 2.75) is 25.8 Å². The van der Waals surface area contributed by atoms with Crippen molar-refractivity contribution < 1.29 is 19.0 Å². The van der Waals surface area contributed by atoms with E-state index in [9.17, 15) is 4.79 Å². The number of benzene rings is 1. The van der Waals surface area contributed by atoms with Gasteiger partial charge in [-0.25, -0.2) is 0 Å². The summed E-state index contributed by atoms with van der Waals surface area (Å²) < 4.78 is 15.5. The molecule has 0 aliphatic rings. The standard InChI is InChI=1S/C15H23NO4/c1-5-20-15(17)9-12(16-2)8-11-6-7-13(18-3)10-14(11)19-4/h6-7,10,12,16H,5,8-9H2,1-4H3. The Morgan fingerprint density at radius 1 is 1.30 bits per heavy atom. The normalized spacial score (nSPS) is 11.8. The van der Waals surface area contributed by atoms with Gasteiger partial charge < -0.3 is 19.5 Å². The van der Waals surface area contributed by atoms with Crippen LogP contribution in [0.5, 0.6) is 11.5 Å². The molecule has 0 bridgehead atoms. The number of likely N-dealkylation sites (N-methyl/N-ethyl adjacent to an activating group) is 1. The molecule has 0 saturated heterocycles. The molecular formula is C15H23NO4. The fraction of sp³-hybridized carbons (Fsp3) is 0.533. The number of hydrogen-bond acceptors (Lipinski definition) is 5. The highest BCUT2D eigenvalue weighted by Crippen LogP contribution is 2.26. The molecule has 1 atom stereocenters. The zero-order valence-corrected chi connectivity index (χ0v) is 12.6. The molecule has 0 saturated carbocycles. The van der Waals surface area contributed by atoms with Gasteiger partial charge in [-0.15, -0.1) is 0 Å². The molecule has 1 rings (SSSR count). The van der Waals surface area contributed by atoms with Gasteiger partial charge in [-0.05, 0) is 32.0 Å². The van der Waals surface area contributed by atoms with Crippen molar-refractivity contribution >= 4 is 5.97 Å². The van der Waals surface area contributed by atoms with Gasteiger partial charge in [0.2, 0.25) is 0 Å². The minimum atomic E-state index is -0.195. The quantitative estimate of drug-likeness (QED) is 0.736. The molecule has 1 aromatic rings. The monoisotopic (exact) mass is 281 g/mol. The van der Waals surface area contributed by atoms with E-state index in [1.165, 1.54) is 0 Å². The molecule has 0 amide bonds. The third kappa shape index (κ3) is 4.74. The lowest BCUT2D eigenvalue weighted by Crippen LogP contribution is -2.31. The van der Waals surface area contributed by atoms with Gasteiger partial charge in [0.15, 0.2) is 0 Å². The van der Waals surface area contributed by atoms with E-state index in [1.807, 2.05) is 25.2 Å². The molecule has 0 aliphatic heterocycles. The van der Waals surface area contributed by atoms with Gasteiger partial charge in [0.25, 0.3) is 0 Å². The molecule has 0 heterocycles. The molecule has 0 spiro atoms. The lowest BCUT2D eigenvalue weighted by atomic mass is 10.0. The van der Waals surface area contributed by atoms with Gasteiger partial charge >= 0.3 is 5.97 Å². The fourth-order valence-electron chi connectivity index (χ4n) is 1.98. The summed E-state index contributed by atoms with van der Waals surface area (Å²) in [6.45, 7) is 2.21. The number of ether oxygens (including phenoxy) is 3. The second-order valence-electron chi connectivity index (χ2n) is 4.38. The minimum Gasteiger partial charge on any atom is -0.497 e. The smallest absolute Gasteiger partial charge is 0.307 e. The summed E-state index contributed by atoms with van der Waals surface area (Å²) >= 11 is 0. The van der Waals surface area contributed by atoms with Crippen LogP contribution in [-0.2, 0) is 16.0 Å². The Hall–Kier alpha value is -1.75. The molecule has 1 unspecified atom stereocenters. The first-order chi connectivity index (χ1) is 9.64. The Morgan fingerprint density at radius 2 is 2.05 bits per heavy atom. The number of carbonyl (C=O) groups excluding carboxylic acids is 1. The highest BCUT2D eigenvalue weighted by atomic mass is 16.5. The van der Waals surface area contributed by atoms with Crippen molar-refractivity contribution in [2.24, 2.45) is 0 Å². The van der Waals surface area contributed by atoms with Crippen molar-refractivity contribution in [3.8, 4) is 11.5 Å². The van der Waals surface area contributed by atoms with Crippen LogP contribution in [0.3, 0.4) is 0 Å². The first kappa shape index (κ1) is 16.3. The summed E-state index contributed by atoms with van der Waals surface area (Å²) in [4.78, 5) is 11.5. The summed E-state index contributed by atoms with van der Waals surface area (Å²) in [6.07, 6.45) is 1.02. The molecule has 1 aromatic carbocycles. The molecule has 0 aliphatic carbocycles. The van der Waals surface area contributed by atoms with Gasteiger partial charge in [0.05, 0.1) is 27.2 Å². The average molecular weight is 281 g/mol. The van der Waals surface area contributed by atoms with Gasteiger partial charge in [-0.3, -0.25) is 4.79 Å². The number of carbonyl (C=O) groups is 1. The molecule has 0 radical (unpaired) electrons. The number of methoxy groups -OCH3 is 2. The molecule has 5 nitrogen and oxygen atoms in total. The van der Waals surface area contributed by atoms with Crippen molar-refractivity contribution in [3.63, 3.8) is 0 Å². The van der Waals surface area contributed by atoms with E-state index in [0.717, 1.165) is 17.1 Å². The molecule has 0 aromatic heterocycles. The summed E-state index contributed by atoms with van der Waals surface area (Å²) in [7, 11) is 5.07. The molecule has 0 fully saturated rings.